The summed E-state index contributed by atoms with van der Waals surface area (Å²) in [6.07, 6.45) is -0.249. The number of hydrogen-bond donors (Lipinski definition) is 1. The number of fused-ring (bicyclic) bond motifs is 4. The molecular weight excluding hydrogens is 479 g/mol. The topological polar surface area (TPSA) is 79.7 Å². The van der Waals surface area contributed by atoms with Crippen LogP contribution in [-0.2, 0) is 24.2 Å². The van der Waals surface area contributed by atoms with Crippen molar-refractivity contribution in [1.82, 2.24) is 14.9 Å². The fraction of sp³-hybridized carbons (Fsp3) is 0.417. The Morgan fingerprint density at radius 2 is 2.14 bits per heavy atom. The molecule has 11 heteroatoms. The molecule has 1 N–H and O–H groups in total. The first-order valence-electron chi connectivity index (χ1n) is 11.3. The van der Waals surface area contributed by atoms with Crippen LogP contribution in [0.15, 0.2) is 23.5 Å². The van der Waals surface area contributed by atoms with Crippen molar-refractivity contribution < 1.29 is 22.7 Å². The molecule has 3 aromatic rings. The summed E-state index contributed by atoms with van der Waals surface area (Å²) in [6.45, 7) is 0.304. The number of ether oxygens (including phenoxy) is 1. The molecule has 1 aliphatic carbocycles. The Morgan fingerprint density at radius 3 is 2.91 bits per heavy atom. The van der Waals surface area contributed by atoms with Gasteiger partial charge in [0.25, 0.3) is 0 Å². The van der Waals surface area contributed by atoms with Crippen LogP contribution in [-0.4, -0.2) is 53.9 Å². The van der Waals surface area contributed by atoms with Gasteiger partial charge in [-0.3, -0.25) is 9.79 Å². The van der Waals surface area contributed by atoms with Gasteiger partial charge in [-0.25, -0.2) is 9.97 Å². The Hall–Kier alpha value is -3.21. The van der Waals surface area contributed by atoms with E-state index in [0.717, 1.165) is 37.5 Å². The molecule has 2 aliphatic rings. The van der Waals surface area contributed by atoms with Crippen LogP contribution >= 0.6 is 11.3 Å². The molecule has 0 saturated heterocycles. The summed E-state index contributed by atoms with van der Waals surface area (Å²) < 4.78 is 43.3. The van der Waals surface area contributed by atoms with Crippen molar-refractivity contribution in [3.8, 4) is 5.75 Å². The van der Waals surface area contributed by atoms with E-state index in [9.17, 15) is 18.0 Å². The van der Waals surface area contributed by atoms with Gasteiger partial charge in [-0.15, -0.1) is 11.3 Å². The highest BCUT2D eigenvalue weighted by Gasteiger charge is 2.33. The van der Waals surface area contributed by atoms with Crippen molar-refractivity contribution in [3.05, 3.63) is 40.0 Å². The Bertz CT molecular complexity index is 1320. The summed E-state index contributed by atoms with van der Waals surface area (Å²) in [5, 5.41) is 4.32. The SMILES string of the molecule is COc1cc2c(cc1Nc1ncnc3sc4c(c13)CC[C@H](C(=O)N(C)CCC(F)(F)F)C4)C=NC2. The van der Waals surface area contributed by atoms with Crippen LogP contribution in [0.1, 0.15) is 34.4 Å². The number of benzene rings is 1. The third-order valence-electron chi connectivity index (χ3n) is 6.51. The molecule has 1 amide bonds. The van der Waals surface area contributed by atoms with Crippen molar-refractivity contribution in [3.63, 3.8) is 0 Å². The smallest absolute Gasteiger partial charge is 0.390 e. The lowest BCUT2D eigenvalue weighted by Crippen LogP contribution is -2.37. The molecule has 0 bridgehead atoms. The maximum atomic E-state index is 12.8. The highest BCUT2D eigenvalue weighted by molar-refractivity contribution is 7.19. The average Bonchev–Trinajstić information content (AvgIpc) is 3.44. The van der Waals surface area contributed by atoms with E-state index in [2.05, 4.69) is 20.3 Å². The highest BCUT2D eigenvalue weighted by atomic mass is 32.1. The van der Waals surface area contributed by atoms with Crippen LogP contribution in [0.3, 0.4) is 0 Å². The first-order valence-corrected chi connectivity index (χ1v) is 12.1. The number of anilines is 2. The number of carbonyl (C=O) groups is 1. The zero-order valence-electron chi connectivity index (χ0n) is 19.3. The number of rotatable bonds is 6. The quantitative estimate of drug-likeness (QED) is 0.518. The van der Waals surface area contributed by atoms with Gasteiger partial charge in [-0.1, -0.05) is 0 Å². The first kappa shape index (κ1) is 23.5. The van der Waals surface area contributed by atoms with E-state index >= 15 is 0 Å². The Morgan fingerprint density at radius 1 is 1.31 bits per heavy atom. The van der Waals surface area contributed by atoms with Gasteiger partial charge in [0.2, 0.25) is 5.91 Å². The number of halogens is 3. The maximum absolute atomic E-state index is 12.8. The predicted molar refractivity (Wildman–Crippen MR) is 129 cm³/mol. The lowest BCUT2D eigenvalue weighted by molar-refractivity contribution is -0.146. The summed E-state index contributed by atoms with van der Waals surface area (Å²) in [6, 6.07) is 3.96. The normalized spacial score (nSPS) is 16.8. The molecule has 0 unspecified atom stereocenters. The van der Waals surface area contributed by atoms with Gasteiger partial charge in [-0.05, 0) is 48.1 Å². The highest BCUT2D eigenvalue weighted by Crippen LogP contribution is 2.42. The predicted octanol–water partition coefficient (Wildman–Crippen LogP) is 4.89. The van der Waals surface area contributed by atoms with Gasteiger partial charge in [0.1, 0.15) is 22.7 Å². The molecule has 0 radical (unpaired) electrons. The van der Waals surface area contributed by atoms with E-state index < -0.39 is 12.6 Å². The molecule has 3 heterocycles. The third kappa shape index (κ3) is 4.69. The van der Waals surface area contributed by atoms with Crippen molar-refractivity contribution in [1.29, 1.82) is 0 Å². The van der Waals surface area contributed by atoms with Crippen LogP contribution in [0.5, 0.6) is 5.75 Å². The van der Waals surface area contributed by atoms with Gasteiger partial charge >= 0.3 is 6.18 Å². The van der Waals surface area contributed by atoms with E-state index in [4.69, 9.17) is 4.74 Å². The number of aliphatic imine (C=N–C) groups is 1. The van der Waals surface area contributed by atoms with Crippen molar-refractivity contribution in [2.75, 3.05) is 26.0 Å². The standard InChI is InChI=1S/C24H24F3N5O2S/c1-32(6-5-24(25,26)27)23(33)13-3-4-16-19(9-13)35-22-20(16)21(29-12-30-22)31-17-7-14-10-28-11-15(14)8-18(17)34-2/h7-8,10,12-13H,3-6,9,11H2,1-2H3,(H,29,30,31)/t13-/m0/s1. The minimum absolute atomic E-state index is 0.244. The molecule has 184 valence electrons. The zero-order valence-corrected chi connectivity index (χ0v) is 20.1. The lowest BCUT2D eigenvalue weighted by atomic mass is 9.87. The van der Waals surface area contributed by atoms with E-state index in [1.54, 1.807) is 7.11 Å². The fourth-order valence-corrected chi connectivity index (χ4v) is 5.93. The lowest BCUT2D eigenvalue weighted by Gasteiger charge is -2.27. The molecule has 35 heavy (non-hydrogen) atoms. The summed E-state index contributed by atoms with van der Waals surface area (Å²) >= 11 is 1.51. The van der Waals surface area contributed by atoms with Crippen LogP contribution in [0.4, 0.5) is 24.7 Å². The van der Waals surface area contributed by atoms with Crippen molar-refractivity contribution >= 4 is 45.2 Å². The minimum Gasteiger partial charge on any atom is -0.495 e. The molecular formula is C24H24F3N5O2S. The molecule has 0 fully saturated rings. The summed E-state index contributed by atoms with van der Waals surface area (Å²) in [5.74, 6) is 0.769. The molecule has 0 spiro atoms. The number of thiophene rings is 1. The Labute approximate surface area is 204 Å². The second-order valence-corrected chi connectivity index (χ2v) is 9.90. The number of methoxy groups -OCH3 is 1. The molecule has 1 aliphatic heterocycles. The number of carbonyl (C=O) groups excluding carboxylic acids is 1. The monoisotopic (exact) mass is 503 g/mol. The van der Waals surface area contributed by atoms with Gasteiger partial charge in [0.15, 0.2) is 0 Å². The number of nitrogens with one attached hydrogen (secondary N) is 1. The van der Waals surface area contributed by atoms with Gasteiger partial charge in [0, 0.05) is 30.6 Å². The van der Waals surface area contributed by atoms with Gasteiger partial charge in [0.05, 0.1) is 31.1 Å². The fourth-order valence-electron chi connectivity index (χ4n) is 4.66. The zero-order chi connectivity index (χ0) is 24.7. The number of aryl methyl sites for hydroxylation is 1. The number of hydrogen-bond acceptors (Lipinski definition) is 7. The number of alkyl halides is 3. The van der Waals surface area contributed by atoms with Crippen LogP contribution in [0.25, 0.3) is 10.2 Å². The third-order valence-corrected chi connectivity index (χ3v) is 7.67. The molecule has 7 nitrogen and oxygen atoms in total. The van der Waals surface area contributed by atoms with Crippen LogP contribution < -0.4 is 10.1 Å². The van der Waals surface area contributed by atoms with E-state index in [1.165, 1.54) is 29.6 Å². The van der Waals surface area contributed by atoms with Crippen LogP contribution in [0, 0.1) is 5.92 Å². The maximum Gasteiger partial charge on any atom is 0.390 e. The largest absolute Gasteiger partial charge is 0.495 e. The van der Waals surface area contributed by atoms with Gasteiger partial charge < -0.3 is 15.0 Å². The summed E-state index contributed by atoms with van der Waals surface area (Å²) in [7, 11) is 3.06. The second-order valence-electron chi connectivity index (χ2n) is 8.82. The van der Waals surface area contributed by atoms with Crippen molar-refractivity contribution in [2.45, 2.75) is 38.4 Å². The van der Waals surface area contributed by atoms with E-state index in [-0.39, 0.29) is 18.4 Å². The summed E-state index contributed by atoms with van der Waals surface area (Å²) in [4.78, 5) is 29.1. The number of amides is 1. The molecule has 2 aromatic heterocycles. The number of aromatic nitrogens is 2. The average molecular weight is 504 g/mol. The van der Waals surface area contributed by atoms with E-state index in [1.807, 2.05) is 18.3 Å². The summed E-state index contributed by atoms with van der Waals surface area (Å²) in [5.41, 5.74) is 4.00. The number of nitrogens with zero attached hydrogens (tertiary/aromatic N) is 4. The van der Waals surface area contributed by atoms with E-state index in [0.29, 0.717) is 37.4 Å². The molecule has 0 saturated carbocycles. The van der Waals surface area contributed by atoms with Crippen LogP contribution in [0.2, 0.25) is 0 Å². The molecule has 1 atom stereocenters. The van der Waals surface area contributed by atoms with Gasteiger partial charge in [-0.2, -0.15) is 13.2 Å². The Balaban J connectivity index is 1.40. The Kier molecular flexibility index (Phi) is 6.12. The second kappa shape index (κ2) is 9.10. The molecule has 1 aromatic carbocycles. The minimum atomic E-state index is -4.28. The van der Waals surface area contributed by atoms with Crippen molar-refractivity contribution in [2.24, 2.45) is 10.9 Å². The first-order chi connectivity index (χ1) is 16.7. The molecule has 5 rings (SSSR count).